The normalized spacial score (nSPS) is 20.9. The second-order valence-electron chi connectivity index (χ2n) is 5.77. The Balaban J connectivity index is 1.97. The summed E-state index contributed by atoms with van der Waals surface area (Å²) < 4.78 is 35.5. The molecular weight excluding hydrogens is 308 g/mol. The van der Waals surface area contributed by atoms with E-state index >= 15 is 0 Å². The third kappa shape index (κ3) is 4.53. The van der Waals surface area contributed by atoms with E-state index in [0.717, 1.165) is 0 Å². The maximum Gasteiger partial charge on any atom is 0.307 e. The monoisotopic (exact) mass is 328 g/mol. The van der Waals surface area contributed by atoms with Crippen molar-refractivity contribution >= 4 is 15.8 Å². The predicted octanol–water partition coefficient (Wildman–Crippen LogP) is 1.63. The number of rotatable bonds is 6. The van der Waals surface area contributed by atoms with Crippen LogP contribution in [-0.4, -0.2) is 43.7 Å². The minimum atomic E-state index is -3.41. The van der Waals surface area contributed by atoms with E-state index in [4.69, 9.17) is 14.6 Å². The molecular formula is C15H20O6S. The van der Waals surface area contributed by atoms with Crippen molar-refractivity contribution < 1.29 is 27.8 Å². The van der Waals surface area contributed by atoms with Crippen molar-refractivity contribution in [2.24, 2.45) is 0 Å². The van der Waals surface area contributed by atoms with Crippen molar-refractivity contribution in [3.63, 3.8) is 0 Å². The van der Waals surface area contributed by atoms with E-state index in [0.29, 0.717) is 18.6 Å². The van der Waals surface area contributed by atoms with Crippen LogP contribution in [0.3, 0.4) is 0 Å². The van der Waals surface area contributed by atoms with Crippen LogP contribution >= 0.6 is 0 Å². The molecule has 0 saturated carbocycles. The van der Waals surface area contributed by atoms with Crippen LogP contribution in [-0.2, 0) is 30.5 Å². The quantitative estimate of drug-likeness (QED) is 0.853. The summed E-state index contributed by atoms with van der Waals surface area (Å²) in [4.78, 5) is 10.8. The molecule has 0 amide bonds. The topological polar surface area (TPSA) is 89.9 Å². The van der Waals surface area contributed by atoms with Crippen molar-refractivity contribution in [1.82, 2.24) is 0 Å². The van der Waals surface area contributed by atoms with E-state index in [1.807, 2.05) is 0 Å². The molecule has 0 aliphatic carbocycles. The Bertz CT molecular complexity index is 633. The molecule has 1 N–H and O–H groups in total. The van der Waals surface area contributed by atoms with Gasteiger partial charge in [-0.15, -0.1) is 0 Å². The summed E-state index contributed by atoms with van der Waals surface area (Å²) in [5, 5.41) is 8.70. The van der Waals surface area contributed by atoms with Crippen LogP contribution in [0.25, 0.3) is 0 Å². The fourth-order valence-corrected chi connectivity index (χ4v) is 3.66. The van der Waals surface area contributed by atoms with Gasteiger partial charge in [0, 0.05) is 0 Å². The lowest BCUT2D eigenvalue weighted by Crippen LogP contribution is -2.23. The molecule has 2 rings (SSSR count). The van der Waals surface area contributed by atoms with Gasteiger partial charge in [-0.05, 0) is 38.0 Å². The Hall–Kier alpha value is -1.44. The van der Waals surface area contributed by atoms with Crippen LogP contribution in [0.2, 0.25) is 0 Å². The third-order valence-electron chi connectivity index (χ3n) is 3.41. The Morgan fingerprint density at radius 2 is 1.95 bits per heavy atom. The Morgan fingerprint density at radius 3 is 2.45 bits per heavy atom. The third-order valence-corrected chi connectivity index (χ3v) is 5.18. The fourth-order valence-electron chi connectivity index (χ4n) is 2.30. The van der Waals surface area contributed by atoms with E-state index in [1.165, 1.54) is 24.3 Å². The summed E-state index contributed by atoms with van der Waals surface area (Å²) in [6.07, 6.45) is 0.0155. The number of carbonyl (C=O) groups is 1. The molecule has 0 bridgehead atoms. The first-order valence-electron chi connectivity index (χ1n) is 7.03. The second-order valence-corrected chi connectivity index (χ2v) is 7.88. The average molecular weight is 328 g/mol. The molecule has 1 heterocycles. The first-order chi connectivity index (χ1) is 10.2. The first-order valence-corrected chi connectivity index (χ1v) is 8.68. The van der Waals surface area contributed by atoms with Crippen LogP contribution in [0.1, 0.15) is 25.8 Å². The van der Waals surface area contributed by atoms with Gasteiger partial charge >= 0.3 is 5.97 Å². The number of carboxylic acids is 1. The van der Waals surface area contributed by atoms with Crippen molar-refractivity contribution in [2.45, 2.75) is 43.5 Å². The number of hydrogen-bond donors (Lipinski definition) is 1. The average Bonchev–Trinajstić information content (AvgIpc) is 2.76. The minimum absolute atomic E-state index is 0.0324. The fraction of sp³-hybridized carbons (Fsp3) is 0.533. The van der Waals surface area contributed by atoms with Gasteiger partial charge < -0.3 is 14.6 Å². The van der Waals surface area contributed by atoms with E-state index in [1.54, 1.807) is 13.8 Å². The smallest absolute Gasteiger partial charge is 0.307 e. The van der Waals surface area contributed by atoms with Gasteiger partial charge in [0.15, 0.2) is 15.6 Å². The number of carboxylic acid groups (broad SMARTS) is 1. The molecule has 7 heteroatoms. The van der Waals surface area contributed by atoms with Gasteiger partial charge in [-0.25, -0.2) is 8.42 Å². The number of hydrogen-bond acceptors (Lipinski definition) is 5. The lowest BCUT2D eigenvalue weighted by Gasteiger charge is -2.17. The number of ether oxygens (including phenoxy) is 2. The molecule has 1 aromatic rings. The van der Waals surface area contributed by atoms with Crippen molar-refractivity contribution in [3.8, 4) is 0 Å². The first kappa shape index (κ1) is 16.9. The second kappa shape index (κ2) is 6.36. The Kier molecular flexibility index (Phi) is 4.89. The lowest BCUT2D eigenvalue weighted by atomic mass is 10.2. The van der Waals surface area contributed by atoms with Gasteiger partial charge in [0.25, 0.3) is 0 Å². The zero-order valence-corrected chi connectivity index (χ0v) is 13.4. The standard InChI is InChI=1S/C15H20O6S/c1-15(2)20-10-12(21-15)7-8-22(18,19)13-5-3-11(4-6-13)9-14(16)17/h3-6,12H,7-10H2,1-2H3,(H,16,17). The summed E-state index contributed by atoms with van der Waals surface area (Å²) in [7, 11) is -3.41. The van der Waals surface area contributed by atoms with Crippen LogP contribution < -0.4 is 0 Å². The SMILES string of the molecule is CC1(C)OCC(CCS(=O)(=O)c2ccc(CC(=O)O)cc2)O1. The van der Waals surface area contributed by atoms with Crippen molar-refractivity contribution in [2.75, 3.05) is 12.4 Å². The van der Waals surface area contributed by atoms with Crippen LogP contribution in [0.5, 0.6) is 0 Å². The summed E-state index contributed by atoms with van der Waals surface area (Å²) in [6, 6.07) is 5.95. The highest BCUT2D eigenvalue weighted by molar-refractivity contribution is 7.91. The van der Waals surface area contributed by atoms with E-state index in [9.17, 15) is 13.2 Å². The highest BCUT2D eigenvalue weighted by Crippen LogP contribution is 2.25. The number of sulfone groups is 1. The summed E-state index contributed by atoms with van der Waals surface area (Å²) in [5.41, 5.74) is 0.570. The molecule has 1 aliphatic rings. The van der Waals surface area contributed by atoms with E-state index < -0.39 is 21.6 Å². The summed E-state index contributed by atoms with van der Waals surface area (Å²) >= 11 is 0. The van der Waals surface area contributed by atoms with Gasteiger partial charge in [-0.3, -0.25) is 4.79 Å². The summed E-state index contributed by atoms with van der Waals surface area (Å²) in [5.74, 6) is -1.64. The molecule has 1 aliphatic heterocycles. The molecule has 1 unspecified atom stereocenters. The maximum atomic E-state index is 12.3. The largest absolute Gasteiger partial charge is 0.481 e. The van der Waals surface area contributed by atoms with Gasteiger partial charge in [0.2, 0.25) is 0 Å². The zero-order valence-electron chi connectivity index (χ0n) is 12.6. The van der Waals surface area contributed by atoms with Gasteiger partial charge in [-0.1, -0.05) is 12.1 Å². The van der Waals surface area contributed by atoms with Crippen LogP contribution in [0.15, 0.2) is 29.2 Å². The van der Waals surface area contributed by atoms with Gasteiger partial charge in [0.05, 0.1) is 29.8 Å². The highest BCUT2D eigenvalue weighted by atomic mass is 32.2. The molecule has 22 heavy (non-hydrogen) atoms. The number of aliphatic carboxylic acids is 1. The molecule has 0 spiro atoms. The van der Waals surface area contributed by atoms with Gasteiger partial charge in [-0.2, -0.15) is 0 Å². The predicted molar refractivity (Wildman–Crippen MR) is 79.4 cm³/mol. The molecule has 1 aromatic carbocycles. The molecule has 0 radical (unpaired) electrons. The summed E-state index contributed by atoms with van der Waals surface area (Å²) in [6.45, 7) is 3.98. The number of benzene rings is 1. The van der Waals surface area contributed by atoms with Crippen molar-refractivity contribution in [3.05, 3.63) is 29.8 Å². The Labute approximate surface area is 130 Å². The van der Waals surface area contributed by atoms with Crippen molar-refractivity contribution in [1.29, 1.82) is 0 Å². The van der Waals surface area contributed by atoms with Crippen LogP contribution in [0.4, 0.5) is 0 Å². The maximum absolute atomic E-state index is 12.3. The van der Waals surface area contributed by atoms with E-state index in [2.05, 4.69) is 0 Å². The minimum Gasteiger partial charge on any atom is -0.481 e. The molecule has 0 aromatic heterocycles. The zero-order chi connectivity index (χ0) is 16.4. The Morgan fingerprint density at radius 1 is 1.32 bits per heavy atom. The lowest BCUT2D eigenvalue weighted by molar-refractivity contribution is -0.138. The molecule has 1 atom stereocenters. The van der Waals surface area contributed by atoms with E-state index in [-0.39, 0.29) is 23.2 Å². The molecule has 1 fully saturated rings. The van der Waals surface area contributed by atoms with Crippen LogP contribution in [0, 0.1) is 0 Å². The molecule has 6 nitrogen and oxygen atoms in total. The molecule has 1 saturated heterocycles. The highest BCUT2D eigenvalue weighted by Gasteiger charge is 2.33. The molecule has 122 valence electrons. The van der Waals surface area contributed by atoms with Gasteiger partial charge in [0.1, 0.15) is 0 Å².